The number of hydrogen-bond acceptors (Lipinski definition) is 4. The maximum Gasteiger partial charge on any atom is 0.321 e. The van der Waals surface area contributed by atoms with Crippen molar-refractivity contribution in [3.05, 3.63) is 29.8 Å². The zero-order chi connectivity index (χ0) is 16.8. The second-order valence-corrected chi connectivity index (χ2v) is 7.01. The summed E-state index contributed by atoms with van der Waals surface area (Å²) in [5.74, 6) is -1.66. The molecule has 1 atom stereocenters. The summed E-state index contributed by atoms with van der Waals surface area (Å²) in [6, 6.07) is 5.85. The zero-order valence-electron chi connectivity index (χ0n) is 12.5. The number of carboxylic acid groups (broad SMARTS) is 1. The molecule has 22 heavy (non-hydrogen) atoms. The number of carboxylic acids is 1. The van der Waals surface area contributed by atoms with E-state index in [1.807, 2.05) is 0 Å². The van der Waals surface area contributed by atoms with Crippen LogP contribution in [0.15, 0.2) is 24.3 Å². The van der Waals surface area contributed by atoms with Crippen LogP contribution in [0.1, 0.15) is 25.3 Å². The first kappa shape index (κ1) is 18.0. The predicted molar refractivity (Wildman–Crippen MR) is 83.5 cm³/mol. The Bertz CT molecular complexity index is 625. The fourth-order valence-corrected chi connectivity index (χ4v) is 3.69. The Balaban J connectivity index is 2.85. The quantitative estimate of drug-likeness (QED) is 0.704. The van der Waals surface area contributed by atoms with Gasteiger partial charge in [0.25, 0.3) is 0 Å². The standard InChI is InChI=1S/C14H20N2O5S/c1-3-4-12(13(17)18)22(20,21)9-10-5-7-11(8-6-10)16-14(19)15-2/h5-8,12H,3-4,9H2,1-2H3,(H,17,18)(H2,15,16,19). The number of carbonyl (C=O) groups excluding carboxylic acids is 1. The van der Waals surface area contributed by atoms with Crippen LogP contribution in [-0.4, -0.2) is 37.8 Å². The fraction of sp³-hybridized carbons (Fsp3) is 0.429. The number of sulfone groups is 1. The summed E-state index contributed by atoms with van der Waals surface area (Å²) >= 11 is 0. The van der Waals surface area contributed by atoms with Crippen molar-refractivity contribution < 1.29 is 23.1 Å². The van der Waals surface area contributed by atoms with Crippen LogP contribution in [0.25, 0.3) is 0 Å². The SMILES string of the molecule is CCCC(C(=O)O)S(=O)(=O)Cc1ccc(NC(=O)NC)cc1. The molecule has 0 fully saturated rings. The lowest BCUT2D eigenvalue weighted by Gasteiger charge is -2.13. The topological polar surface area (TPSA) is 113 Å². The van der Waals surface area contributed by atoms with Crippen LogP contribution in [0.3, 0.4) is 0 Å². The van der Waals surface area contributed by atoms with Crippen molar-refractivity contribution in [1.82, 2.24) is 5.32 Å². The third-order valence-electron chi connectivity index (χ3n) is 3.07. The van der Waals surface area contributed by atoms with Crippen molar-refractivity contribution in [3.8, 4) is 0 Å². The first-order valence-corrected chi connectivity index (χ1v) is 8.53. The van der Waals surface area contributed by atoms with Crippen molar-refractivity contribution in [1.29, 1.82) is 0 Å². The van der Waals surface area contributed by atoms with E-state index >= 15 is 0 Å². The normalized spacial score (nSPS) is 12.5. The number of nitrogens with one attached hydrogen (secondary N) is 2. The Hall–Kier alpha value is -2.09. The van der Waals surface area contributed by atoms with Gasteiger partial charge in [-0.3, -0.25) is 4.79 Å². The zero-order valence-corrected chi connectivity index (χ0v) is 13.3. The number of carbonyl (C=O) groups is 2. The summed E-state index contributed by atoms with van der Waals surface area (Å²) in [6.07, 6.45) is 0.569. The Morgan fingerprint density at radius 2 is 1.82 bits per heavy atom. The highest BCUT2D eigenvalue weighted by molar-refractivity contribution is 7.92. The second kappa shape index (κ2) is 7.79. The summed E-state index contributed by atoms with van der Waals surface area (Å²) in [7, 11) is -2.29. The van der Waals surface area contributed by atoms with Crippen molar-refractivity contribution in [2.45, 2.75) is 30.8 Å². The second-order valence-electron chi connectivity index (χ2n) is 4.82. The fourth-order valence-electron chi connectivity index (χ4n) is 1.93. The van der Waals surface area contributed by atoms with Crippen LogP contribution in [0.5, 0.6) is 0 Å². The van der Waals surface area contributed by atoms with Gasteiger partial charge in [-0.15, -0.1) is 0 Å². The molecule has 1 aromatic rings. The van der Waals surface area contributed by atoms with Crippen molar-refractivity contribution >= 4 is 27.5 Å². The largest absolute Gasteiger partial charge is 0.480 e. The molecule has 0 radical (unpaired) electrons. The first-order chi connectivity index (χ1) is 10.3. The molecule has 0 bridgehead atoms. The number of urea groups is 1. The minimum Gasteiger partial charge on any atom is -0.480 e. The Labute approximate surface area is 129 Å². The average Bonchev–Trinajstić information content (AvgIpc) is 2.45. The van der Waals surface area contributed by atoms with E-state index in [4.69, 9.17) is 5.11 Å². The Kier molecular flexibility index (Phi) is 6.36. The van der Waals surface area contributed by atoms with E-state index in [1.54, 1.807) is 31.2 Å². The molecule has 3 N–H and O–H groups in total. The molecule has 7 nitrogen and oxygen atoms in total. The van der Waals surface area contributed by atoms with Gasteiger partial charge in [-0.05, 0) is 24.1 Å². The molecule has 0 saturated heterocycles. The molecule has 2 amide bonds. The summed E-state index contributed by atoms with van der Waals surface area (Å²) < 4.78 is 24.4. The maximum atomic E-state index is 12.2. The van der Waals surface area contributed by atoms with Gasteiger partial charge in [0.05, 0.1) is 5.75 Å². The van der Waals surface area contributed by atoms with Gasteiger partial charge in [-0.25, -0.2) is 13.2 Å². The molecule has 122 valence electrons. The molecular weight excluding hydrogens is 308 g/mol. The molecule has 0 aliphatic heterocycles. The molecule has 0 aliphatic rings. The van der Waals surface area contributed by atoms with Gasteiger partial charge in [-0.2, -0.15) is 0 Å². The van der Waals surface area contributed by atoms with Crippen LogP contribution in [-0.2, 0) is 20.4 Å². The Morgan fingerprint density at radius 1 is 1.23 bits per heavy atom. The number of benzene rings is 1. The van der Waals surface area contributed by atoms with Gasteiger partial charge in [0.15, 0.2) is 15.1 Å². The van der Waals surface area contributed by atoms with E-state index in [9.17, 15) is 18.0 Å². The van der Waals surface area contributed by atoms with E-state index in [0.29, 0.717) is 17.7 Å². The van der Waals surface area contributed by atoms with E-state index in [0.717, 1.165) is 0 Å². The molecule has 0 aliphatic carbocycles. The molecular formula is C14H20N2O5S. The molecule has 0 spiro atoms. The minimum absolute atomic E-state index is 0.0912. The maximum absolute atomic E-state index is 12.2. The van der Waals surface area contributed by atoms with Crippen LogP contribution in [0, 0.1) is 0 Å². The molecule has 0 heterocycles. The molecule has 1 rings (SSSR count). The van der Waals surface area contributed by atoms with E-state index in [2.05, 4.69) is 10.6 Å². The summed E-state index contributed by atoms with van der Waals surface area (Å²) in [5, 5.41) is 12.6. The first-order valence-electron chi connectivity index (χ1n) is 6.82. The minimum atomic E-state index is -3.78. The highest BCUT2D eigenvalue weighted by Gasteiger charge is 2.31. The van der Waals surface area contributed by atoms with Gasteiger partial charge in [-0.1, -0.05) is 25.5 Å². The third-order valence-corrected chi connectivity index (χ3v) is 5.11. The molecule has 8 heteroatoms. The lowest BCUT2D eigenvalue weighted by atomic mass is 10.2. The van der Waals surface area contributed by atoms with Crippen LogP contribution in [0.4, 0.5) is 10.5 Å². The number of aliphatic carboxylic acids is 1. The van der Waals surface area contributed by atoms with Gasteiger partial charge in [0, 0.05) is 12.7 Å². The lowest BCUT2D eigenvalue weighted by Crippen LogP contribution is -2.31. The molecule has 1 aromatic carbocycles. The smallest absolute Gasteiger partial charge is 0.321 e. The van der Waals surface area contributed by atoms with Gasteiger partial charge < -0.3 is 15.7 Å². The van der Waals surface area contributed by atoms with Crippen molar-refractivity contribution in [2.24, 2.45) is 0 Å². The number of anilines is 1. The highest BCUT2D eigenvalue weighted by Crippen LogP contribution is 2.17. The summed E-state index contributed by atoms with van der Waals surface area (Å²) in [4.78, 5) is 22.2. The average molecular weight is 328 g/mol. The van der Waals surface area contributed by atoms with Crippen LogP contribution >= 0.6 is 0 Å². The van der Waals surface area contributed by atoms with Crippen molar-refractivity contribution in [2.75, 3.05) is 12.4 Å². The van der Waals surface area contributed by atoms with Gasteiger partial charge in [0.2, 0.25) is 0 Å². The summed E-state index contributed by atoms with van der Waals surface area (Å²) in [5.41, 5.74) is 0.994. The van der Waals surface area contributed by atoms with Gasteiger partial charge >= 0.3 is 12.0 Å². The summed E-state index contributed by atoms with van der Waals surface area (Å²) in [6.45, 7) is 1.74. The number of amides is 2. The van der Waals surface area contributed by atoms with Crippen molar-refractivity contribution in [3.63, 3.8) is 0 Å². The van der Waals surface area contributed by atoms with Gasteiger partial charge in [0.1, 0.15) is 0 Å². The van der Waals surface area contributed by atoms with Crippen LogP contribution in [0.2, 0.25) is 0 Å². The van der Waals surface area contributed by atoms with E-state index in [-0.39, 0.29) is 18.2 Å². The molecule has 0 saturated carbocycles. The number of rotatable bonds is 7. The predicted octanol–water partition coefficient (Wildman–Crippen LogP) is 1.61. The van der Waals surface area contributed by atoms with Crippen LogP contribution < -0.4 is 10.6 Å². The lowest BCUT2D eigenvalue weighted by molar-refractivity contribution is -0.136. The highest BCUT2D eigenvalue weighted by atomic mass is 32.2. The van der Waals surface area contributed by atoms with E-state index in [1.165, 1.54) is 7.05 Å². The third kappa shape index (κ3) is 5.03. The molecule has 1 unspecified atom stereocenters. The number of hydrogen-bond donors (Lipinski definition) is 3. The monoisotopic (exact) mass is 328 g/mol. The molecule has 0 aromatic heterocycles. The van der Waals surface area contributed by atoms with E-state index < -0.39 is 21.1 Å². The Morgan fingerprint density at radius 3 is 2.27 bits per heavy atom.